The van der Waals surface area contributed by atoms with Gasteiger partial charge in [-0.3, -0.25) is 9.59 Å². The summed E-state index contributed by atoms with van der Waals surface area (Å²) in [5, 5.41) is 0. The average molecular weight is 229 g/mol. The van der Waals surface area contributed by atoms with Gasteiger partial charge in [-0.15, -0.1) is 0 Å². The lowest BCUT2D eigenvalue weighted by Crippen LogP contribution is -2.40. The summed E-state index contributed by atoms with van der Waals surface area (Å²) in [6.45, 7) is 1.74. The molecule has 1 rings (SSSR count). The van der Waals surface area contributed by atoms with Crippen LogP contribution in [0.4, 0.5) is 0 Å². The normalized spacial score (nSPS) is 17.2. The molecule has 92 valence electrons. The molecule has 5 nitrogen and oxygen atoms in total. The lowest BCUT2D eigenvalue weighted by molar-refractivity contribution is -0.149. The van der Waals surface area contributed by atoms with E-state index in [0.29, 0.717) is 39.0 Å². The largest absolute Gasteiger partial charge is 0.469 e. The van der Waals surface area contributed by atoms with Crippen LogP contribution in [-0.2, 0) is 19.1 Å². The monoisotopic (exact) mass is 229 g/mol. The number of hydrogen-bond acceptors (Lipinski definition) is 4. The van der Waals surface area contributed by atoms with Gasteiger partial charge in [0.15, 0.2) is 0 Å². The summed E-state index contributed by atoms with van der Waals surface area (Å²) in [7, 11) is 2.98. The van der Waals surface area contributed by atoms with Gasteiger partial charge in [-0.1, -0.05) is 0 Å². The van der Waals surface area contributed by atoms with E-state index in [9.17, 15) is 9.59 Å². The number of carbonyl (C=O) groups excluding carboxylic acids is 2. The first-order chi connectivity index (χ1) is 7.69. The highest BCUT2D eigenvalue weighted by Crippen LogP contribution is 2.18. The summed E-state index contributed by atoms with van der Waals surface area (Å²) >= 11 is 0. The van der Waals surface area contributed by atoms with Crippen molar-refractivity contribution in [3.8, 4) is 0 Å². The standard InChI is InChI=1S/C11H19NO4/c1-15-8-5-10(13)12-6-3-9(4-7-12)11(14)16-2/h9H,3-8H2,1-2H3. The first-order valence-corrected chi connectivity index (χ1v) is 5.53. The van der Waals surface area contributed by atoms with Gasteiger partial charge in [0.05, 0.1) is 26.1 Å². The second kappa shape index (κ2) is 6.48. The van der Waals surface area contributed by atoms with E-state index in [2.05, 4.69) is 4.74 Å². The van der Waals surface area contributed by atoms with Crippen molar-refractivity contribution in [1.82, 2.24) is 4.90 Å². The molecule has 0 spiro atoms. The van der Waals surface area contributed by atoms with E-state index in [1.165, 1.54) is 7.11 Å². The second-order valence-corrected chi connectivity index (χ2v) is 3.92. The third kappa shape index (κ3) is 3.48. The van der Waals surface area contributed by atoms with Crippen LogP contribution in [0, 0.1) is 5.92 Å². The van der Waals surface area contributed by atoms with E-state index in [1.54, 1.807) is 12.0 Å². The molecule has 1 heterocycles. The number of carbonyl (C=O) groups is 2. The molecule has 0 aromatic carbocycles. The highest BCUT2D eigenvalue weighted by atomic mass is 16.5. The first-order valence-electron chi connectivity index (χ1n) is 5.53. The first kappa shape index (κ1) is 13.0. The highest BCUT2D eigenvalue weighted by molar-refractivity contribution is 5.77. The fourth-order valence-corrected chi connectivity index (χ4v) is 1.88. The van der Waals surface area contributed by atoms with Crippen LogP contribution >= 0.6 is 0 Å². The van der Waals surface area contributed by atoms with E-state index in [4.69, 9.17) is 4.74 Å². The third-order valence-corrected chi connectivity index (χ3v) is 2.90. The van der Waals surface area contributed by atoms with Crippen molar-refractivity contribution in [2.45, 2.75) is 19.3 Å². The minimum Gasteiger partial charge on any atom is -0.469 e. The van der Waals surface area contributed by atoms with Gasteiger partial charge >= 0.3 is 5.97 Å². The van der Waals surface area contributed by atoms with Crippen LogP contribution < -0.4 is 0 Å². The van der Waals surface area contributed by atoms with Gasteiger partial charge in [-0.05, 0) is 12.8 Å². The van der Waals surface area contributed by atoms with E-state index in [-0.39, 0.29) is 17.8 Å². The van der Waals surface area contributed by atoms with E-state index >= 15 is 0 Å². The van der Waals surface area contributed by atoms with Gasteiger partial charge < -0.3 is 14.4 Å². The van der Waals surface area contributed by atoms with Gasteiger partial charge in [-0.2, -0.15) is 0 Å². The fourth-order valence-electron chi connectivity index (χ4n) is 1.88. The van der Waals surface area contributed by atoms with Gasteiger partial charge in [0.25, 0.3) is 0 Å². The minimum absolute atomic E-state index is 0.0449. The number of likely N-dealkylation sites (tertiary alicyclic amines) is 1. The molecule has 16 heavy (non-hydrogen) atoms. The molecular weight excluding hydrogens is 210 g/mol. The molecule has 0 aromatic rings. The van der Waals surface area contributed by atoms with Gasteiger partial charge in [-0.25, -0.2) is 0 Å². The Labute approximate surface area is 95.7 Å². The molecule has 5 heteroatoms. The number of esters is 1. The summed E-state index contributed by atoms with van der Waals surface area (Å²) in [6, 6.07) is 0. The minimum atomic E-state index is -0.163. The average Bonchev–Trinajstić information content (AvgIpc) is 2.35. The van der Waals surface area contributed by atoms with E-state index in [1.807, 2.05) is 0 Å². The van der Waals surface area contributed by atoms with Crippen molar-refractivity contribution in [2.75, 3.05) is 33.9 Å². The molecule has 0 bridgehead atoms. The predicted octanol–water partition coefficient (Wildman–Crippen LogP) is 0.435. The van der Waals surface area contributed by atoms with Crippen LogP contribution in [0.25, 0.3) is 0 Å². The molecule has 1 amide bonds. The molecular formula is C11H19NO4. The second-order valence-electron chi connectivity index (χ2n) is 3.92. The molecule has 0 aromatic heterocycles. The van der Waals surface area contributed by atoms with Gasteiger partial charge in [0, 0.05) is 20.2 Å². The Balaban J connectivity index is 2.31. The maximum absolute atomic E-state index is 11.6. The molecule has 1 fully saturated rings. The van der Waals surface area contributed by atoms with Crippen LogP contribution in [0.1, 0.15) is 19.3 Å². The summed E-state index contributed by atoms with van der Waals surface area (Å²) in [4.78, 5) is 24.7. The molecule has 1 aliphatic rings. The van der Waals surface area contributed by atoms with Crippen LogP contribution in [-0.4, -0.2) is 50.7 Å². The molecule has 1 aliphatic heterocycles. The molecule has 0 radical (unpaired) electrons. The molecule has 0 saturated carbocycles. The number of ether oxygens (including phenoxy) is 2. The van der Waals surface area contributed by atoms with Crippen LogP contribution in [0.2, 0.25) is 0 Å². The SMILES string of the molecule is COCCC(=O)N1CCC(C(=O)OC)CC1. The predicted molar refractivity (Wildman–Crippen MR) is 57.8 cm³/mol. The van der Waals surface area contributed by atoms with E-state index in [0.717, 1.165) is 0 Å². The van der Waals surface area contributed by atoms with Crippen LogP contribution in [0.5, 0.6) is 0 Å². The Kier molecular flexibility index (Phi) is 5.25. The Morgan fingerprint density at radius 3 is 2.38 bits per heavy atom. The quantitative estimate of drug-likeness (QED) is 0.656. The van der Waals surface area contributed by atoms with Gasteiger partial charge in [0.1, 0.15) is 0 Å². The number of hydrogen-bond donors (Lipinski definition) is 0. The molecule has 0 unspecified atom stereocenters. The van der Waals surface area contributed by atoms with Crippen LogP contribution in [0.15, 0.2) is 0 Å². The number of rotatable bonds is 4. The zero-order valence-corrected chi connectivity index (χ0v) is 9.90. The molecule has 0 atom stereocenters. The third-order valence-electron chi connectivity index (χ3n) is 2.90. The maximum Gasteiger partial charge on any atom is 0.308 e. The van der Waals surface area contributed by atoms with Crippen molar-refractivity contribution in [3.05, 3.63) is 0 Å². The summed E-state index contributed by atoms with van der Waals surface area (Å²) in [5.74, 6) is -0.106. The Morgan fingerprint density at radius 1 is 1.25 bits per heavy atom. The number of amides is 1. The van der Waals surface area contributed by atoms with Gasteiger partial charge in [0.2, 0.25) is 5.91 Å². The lowest BCUT2D eigenvalue weighted by atomic mass is 9.97. The number of methoxy groups -OCH3 is 2. The number of nitrogens with zero attached hydrogens (tertiary/aromatic N) is 1. The summed E-state index contributed by atoms with van der Waals surface area (Å²) in [5.41, 5.74) is 0. The van der Waals surface area contributed by atoms with Crippen molar-refractivity contribution in [3.63, 3.8) is 0 Å². The van der Waals surface area contributed by atoms with Crippen LogP contribution in [0.3, 0.4) is 0 Å². The fraction of sp³-hybridized carbons (Fsp3) is 0.818. The lowest BCUT2D eigenvalue weighted by Gasteiger charge is -2.30. The highest BCUT2D eigenvalue weighted by Gasteiger charge is 2.27. The zero-order chi connectivity index (χ0) is 12.0. The number of piperidine rings is 1. The van der Waals surface area contributed by atoms with Crippen molar-refractivity contribution in [1.29, 1.82) is 0 Å². The summed E-state index contributed by atoms with van der Waals surface area (Å²) in [6.07, 6.45) is 1.82. The topological polar surface area (TPSA) is 55.8 Å². The molecule has 1 saturated heterocycles. The zero-order valence-electron chi connectivity index (χ0n) is 9.90. The maximum atomic E-state index is 11.6. The summed E-state index contributed by atoms with van der Waals surface area (Å²) < 4.78 is 9.55. The van der Waals surface area contributed by atoms with E-state index < -0.39 is 0 Å². The van der Waals surface area contributed by atoms with Crippen molar-refractivity contribution >= 4 is 11.9 Å². The van der Waals surface area contributed by atoms with Crippen molar-refractivity contribution in [2.24, 2.45) is 5.92 Å². The Hall–Kier alpha value is -1.10. The Morgan fingerprint density at radius 2 is 1.88 bits per heavy atom. The molecule has 0 aliphatic carbocycles. The smallest absolute Gasteiger partial charge is 0.308 e. The molecule has 0 N–H and O–H groups in total. The Bertz CT molecular complexity index is 246. The van der Waals surface area contributed by atoms with Crippen molar-refractivity contribution < 1.29 is 19.1 Å².